The molecule has 7 nitrogen and oxygen atoms in total. The number of benzene rings is 1. The van der Waals surface area contributed by atoms with E-state index in [4.69, 9.17) is 4.74 Å². The first-order valence-corrected chi connectivity index (χ1v) is 8.23. The van der Waals surface area contributed by atoms with Crippen molar-refractivity contribution >= 4 is 21.8 Å². The zero-order valence-electron chi connectivity index (χ0n) is 12.3. The summed E-state index contributed by atoms with van der Waals surface area (Å²) in [7, 11) is -3.96. The first-order valence-electron chi connectivity index (χ1n) is 6.79. The number of hydrogen-bond donors (Lipinski definition) is 0. The standard InChI is InChI=1S/C14H16N2O5S/c1-14(2)8-21-9-15(14)12(17)7-16-13(18)10-5-3-4-6-11(10)22(16,19)20/h3-6H,7-9H2,1-2H3. The van der Waals surface area contributed by atoms with E-state index >= 15 is 0 Å². The van der Waals surface area contributed by atoms with E-state index in [1.54, 1.807) is 12.1 Å². The van der Waals surface area contributed by atoms with Crippen LogP contribution in [0.2, 0.25) is 0 Å². The second kappa shape index (κ2) is 4.79. The molecule has 1 fully saturated rings. The molecule has 0 N–H and O–H groups in total. The van der Waals surface area contributed by atoms with Crippen LogP contribution in [0.5, 0.6) is 0 Å². The summed E-state index contributed by atoms with van der Waals surface area (Å²) in [5.41, 5.74) is -0.413. The Kier molecular flexibility index (Phi) is 3.26. The predicted molar refractivity (Wildman–Crippen MR) is 76.4 cm³/mol. The van der Waals surface area contributed by atoms with Crippen LogP contribution in [-0.4, -0.2) is 54.9 Å². The van der Waals surface area contributed by atoms with Crippen molar-refractivity contribution in [3.8, 4) is 0 Å². The molecule has 0 atom stereocenters. The fourth-order valence-corrected chi connectivity index (χ4v) is 4.16. The number of ether oxygens (including phenoxy) is 1. The molecule has 8 heteroatoms. The fraction of sp³-hybridized carbons (Fsp3) is 0.429. The summed E-state index contributed by atoms with van der Waals surface area (Å²) in [5.74, 6) is -1.12. The molecule has 2 amide bonds. The molecule has 1 saturated heterocycles. The Morgan fingerprint density at radius 3 is 2.59 bits per heavy atom. The van der Waals surface area contributed by atoms with Crippen LogP contribution in [0.25, 0.3) is 0 Å². The lowest BCUT2D eigenvalue weighted by Crippen LogP contribution is -2.49. The van der Waals surface area contributed by atoms with Crippen LogP contribution < -0.4 is 0 Å². The average molecular weight is 324 g/mol. The first-order chi connectivity index (χ1) is 10.2. The Balaban J connectivity index is 1.88. The molecule has 0 aliphatic carbocycles. The fourth-order valence-electron chi connectivity index (χ4n) is 2.64. The maximum absolute atomic E-state index is 12.4. The molecule has 0 saturated carbocycles. The van der Waals surface area contributed by atoms with Crippen LogP contribution >= 0.6 is 0 Å². The minimum atomic E-state index is -3.96. The van der Waals surface area contributed by atoms with Gasteiger partial charge in [-0.1, -0.05) is 12.1 Å². The summed E-state index contributed by atoms with van der Waals surface area (Å²) in [6.07, 6.45) is 0. The van der Waals surface area contributed by atoms with Gasteiger partial charge in [0.25, 0.3) is 15.9 Å². The Morgan fingerprint density at radius 1 is 1.32 bits per heavy atom. The Bertz CT molecular complexity index is 756. The molecular formula is C14H16N2O5S. The molecular weight excluding hydrogens is 308 g/mol. The van der Waals surface area contributed by atoms with E-state index in [2.05, 4.69) is 0 Å². The lowest BCUT2D eigenvalue weighted by atomic mass is 10.1. The Hall–Kier alpha value is -1.93. The summed E-state index contributed by atoms with van der Waals surface area (Å²) in [6, 6.07) is 5.96. The van der Waals surface area contributed by atoms with E-state index in [0.717, 1.165) is 0 Å². The molecule has 3 rings (SSSR count). The monoisotopic (exact) mass is 324 g/mol. The largest absolute Gasteiger partial charge is 0.359 e. The molecule has 2 aliphatic heterocycles. The van der Waals surface area contributed by atoms with Gasteiger partial charge in [-0.3, -0.25) is 9.59 Å². The molecule has 118 valence electrons. The van der Waals surface area contributed by atoms with Crippen LogP contribution in [0.15, 0.2) is 29.2 Å². The van der Waals surface area contributed by atoms with Gasteiger partial charge in [-0.05, 0) is 26.0 Å². The molecule has 2 aliphatic rings. The number of nitrogens with zero attached hydrogens (tertiary/aromatic N) is 2. The van der Waals surface area contributed by atoms with Gasteiger partial charge in [0.1, 0.15) is 18.2 Å². The third-order valence-corrected chi connectivity index (χ3v) is 5.69. The lowest BCUT2D eigenvalue weighted by Gasteiger charge is -2.30. The number of carbonyl (C=O) groups is 2. The van der Waals surface area contributed by atoms with Gasteiger partial charge in [-0.15, -0.1) is 0 Å². The smallest absolute Gasteiger partial charge is 0.269 e. The normalized spacial score (nSPS) is 22.0. The highest BCUT2D eigenvalue weighted by Crippen LogP contribution is 2.30. The second-order valence-corrected chi connectivity index (χ2v) is 7.76. The highest BCUT2D eigenvalue weighted by molar-refractivity contribution is 7.90. The zero-order valence-corrected chi connectivity index (χ0v) is 13.1. The van der Waals surface area contributed by atoms with Gasteiger partial charge in [0.15, 0.2) is 0 Å². The molecule has 1 aromatic carbocycles. The van der Waals surface area contributed by atoms with E-state index in [0.29, 0.717) is 10.9 Å². The van der Waals surface area contributed by atoms with Crippen molar-refractivity contribution in [3.63, 3.8) is 0 Å². The van der Waals surface area contributed by atoms with Crippen molar-refractivity contribution in [3.05, 3.63) is 29.8 Å². The first kappa shape index (κ1) is 15.0. The topological polar surface area (TPSA) is 84.0 Å². The minimum absolute atomic E-state index is 0.0512. The van der Waals surface area contributed by atoms with Crippen LogP contribution in [0.1, 0.15) is 24.2 Å². The third kappa shape index (κ3) is 2.10. The molecule has 1 aromatic rings. The summed E-state index contributed by atoms with van der Waals surface area (Å²) >= 11 is 0. The summed E-state index contributed by atoms with van der Waals surface area (Å²) in [6.45, 7) is 3.61. The van der Waals surface area contributed by atoms with Crippen LogP contribution in [0, 0.1) is 0 Å². The lowest BCUT2D eigenvalue weighted by molar-refractivity contribution is -0.135. The SMILES string of the molecule is CC1(C)COCN1C(=O)CN1C(=O)c2ccccc2S1(=O)=O. The summed E-state index contributed by atoms with van der Waals surface area (Å²) in [4.78, 5) is 26.0. The molecule has 0 unspecified atom stereocenters. The predicted octanol–water partition coefficient (Wildman–Crippen LogP) is 0.426. The van der Waals surface area contributed by atoms with Crippen LogP contribution in [-0.2, 0) is 19.6 Å². The number of sulfonamides is 1. The van der Waals surface area contributed by atoms with Gasteiger partial charge in [-0.25, -0.2) is 12.7 Å². The molecule has 0 aromatic heterocycles. The van der Waals surface area contributed by atoms with Crippen molar-refractivity contribution in [1.29, 1.82) is 0 Å². The van der Waals surface area contributed by atoms with Crippen molar-refractivity contribution in [2.24, 2.45) is 0 Å². The third-order valence-electron chi connectivity index (χ3n) is 3.90. The molecule has 2 heterocycles. The van der Waals surface area contributed by atoms with Gasteiger partial charge in [0.05, 0.1) is 17.7 Å². The molecule has 0 spiro atoms. The molecule has 22 heavy (non-hydrogen) atoms. The zero-order chi connectivity index (χ0) is 16.1. The van der Waals surface area contributed by atoms with E-state index in [9.17, 15) is 18.0 Å². The minimum Gasteiger partial charge on any atom is -0.359 e. The van der Waals surface area contributed by atoms with Crippen molar-refractivity contribution in [2.75, 3.05) is 19.9 Å². The summed E-state index contributed by atoms with van der Waals surface area (Å²) in [5, 5.41) is 0. The summed E-state index contributed by atoms with van der Waals surface area (Å²) < 4.78 is 30.7. The van der Waals surface area contributed by atoms with Crippen molar-refractivity contribution in [1.82, 2.24) is 9.21 Å². The Labute approximate surface area is 128 Å². The van der Waals surface area contributed by atoms with Crippen molar-refractivity contribution < 1.29 is 22.7 Å². The van der Waals surface area contributed by atoms with Gasteiger partial charge >= 0.3 is 0 Å². The number of hydrogen-bond acceptors (Lipinski definition) is 5. The quantitative estimate of drug-likeness (QED) is 0.787. The van der Waals surface area contributed by atoms with Crippen LogP contribution in [0.3, 0.4) is 0 Å². The van der Waals surface area contributed by atoms with E-state index in [1.165, 1.54) is 17.0 Å². The van der Waals surface area contributed by atoms with Gasteiger partial charge in [-0.2, -0.15) is 0 Å². The van der Waals surface area contributed by atoms with Gasteiger partial charge in [0.2, 0.25) is 5.91 Å². The van der Waals surface area contributed by atoms with E-state index in [-0.39, 0.29) is 17.2 Å². The van der Waals surface area contributed by atoms with E-state index < -0.39 is 33.9 Å². The maximum atomic E-state index is 12.4. The van der Waals surface area contributed by atoms with Gasteiger partial charge < -0.3 is 9.64 Å². The molecule has 0 bridgehead atoms. The highest BCUT2D eigenvalue weighted by atomic mass is 32.2. The number of rotatable bonds is 2. The van der Waals surface area contributed by atoms with Crippen LogP contribution in [0.4, 0.5) is 0 Å². The average Bonchev–Trinajstić information content (AvgIpc) is 2.90. The van der Waals surface area contributed by atoms with E-state index in [1.807, 2.05) is 13.8 Å². The second-order valence-electron chi connectivity index (χ2n) is 5.92. The number of carbonyl (C=O) groups excluding carboxylic acids is 2. The highest BCUT2D eigenvalue weighted by Gasteiger charge is 2.44. The number of amides is 2. The Morgan fingerprint density at radius 2 is 2.00 bits per heavy atom. The van der Waals surface area contributed by atoms with Crippen molar-refractivity contribution in [2.45, 2.75) is 24.3 Å². The maximum Gasteiger partial charge on any atom is 0.269 e. The molecule has 0 radical (unpaired) electrons. The number of fused-ring (bicyclic) bond motifs is 1. The van der Waals surface area contributed by atoms with Gasteiger partial charge in [0, 0.05) is 0 Å².